The van der Waals surface area contributed by atoms with Gasteiger partial charge in [0.1, 0.15) is 12.6 Å². The molecule has 0 bridgehead atoms. The fourth-order valence-electron chi connectivity index (χ4n) is 4.65. The summed E-state index contributed by atoms with van der Waals surface area (Å²) < 4.78 is 29.1. The minimum atomic E-state index is -4.29. The minimum absolute atomic E-state index is 0.0445. The predicted octanol–water partition coefficient (Wildman–Crippen LogP) is 7.66. The normalized spacial score (nSPS) is 11.9. The van der Waals surface area contributed by atoms with E-state index in [0.717, 1.165) is 9.87 Å². The highest BCUT2D eigenvalue weighted by Gasteiger charge is 2.34. The maximum absolute atomic E-state index is 14.4. The molecule has 7 nitrogen and oxygen atoms in total. The van der Waals surface area contributed by atoms with E-state index in [1.165, 1.54) is 35.2 Å². The quantitative estimate of drug-likeness (QED) is 0.155. The average molecular weight is 708 g/mol. The molecule has 0 unspecified atom stereocenters. The summed E-state index contributed by atoms with van der Waals surface area (Å²) in [6, 6.07) is 25.1. The van der Waals surface area contributed by atoms with Crippen molar-refractivity contribution in [2.45, 2.75) is 37.2 Å². The number of hydrogen-bond acceptors (Lipinski definition) is 4. The molecule has 0 fully saturated rings. The Morgan fingerprint density at radius 3 is 2.13 bits per heavy atom. The van der Waals surface area contributed by atoms with Crippen LogP contribution in [0.1, 0.15) is 24.5 Å². The summed E-state index contributed by atoms with van der Waals surface area (Å²) in [5, 5.41) is 4.16. The van der Waals surface area contributed by atoms with Crippen LogP contribution in [0, 0.1) is 0 Å². The molecule has 0 radical (unpaired) electrons. The average Bonchev–Trinajstić information content (AvgIpc) is 3.02. The van der Waals surface area contributed by atoms with Crippen molar-refractivity contribution in [3.63, 3.8) is 0 Å². The van der Waals surface area contributed by atoms with Gasteiger partial charge in [-0.15, -0.1) is 0 Å². The van der Waals surface area contributed by atoms with E-state index in [-0.39, 0.29) is 39.5 Å². The van der Waals surface area contributed by atoms with E-state index in [9.17, 15) is 18.0 Å². The number of benzene rings is 4. The molecule has 1 N–H and O–H groups in total. The highest BCUT2D eigenvalue weighted by molar-refractivity contribution is 7.92. The van der Waals surface area contributed by atoms with Gasteiger partial charge in [-0.3, -0.25) is 13.9 Å². The van der Waals surface area contributed by atoms with E-state index in [2.05, 4.69) is 5.32 Å². The van der Waals surface area contributed by atoms with Gasteiger partial charge in [-0.25, -0.2) is 8.42 Å². The van der Waals surface area contributed by atoms with Crippen molar-refractivity contribution in [3.05, 3.63) is 128 Å². The van der Waals surface area contributed by atoms with Crippen LogP contribution in [0.15, 0.2) is 102 Å². The molecule has 4 aromatic rings. The summed E-state index contributed by atoms with van der Waals surface area (Å²) in [7, 11) is -4.29. The van der Waals surface area contributed by atoms with Crippen LogP contribution in [0.25, 0.3) is 0 Å². The number of hydrogen-bond donors (Lipinski definition) is 1. The topological polar surface area (TPSA) is 86.8 Å². The van der Waals surface area contributed by atoms with Crippen LogP contribution < -0.4 is 9.62 Å². The molecule has 0 aromatic heterocycles. The molecule has 2 amide bonds. The van der Waals surface area contributed by atoms with Crippen molar-refractivity contribution in [2.75, 3.05) is 17.4 Å². The first-order valence-corrected chi connectivity index (χ1v) is 17.0. The fraction of sp³-hybridized carbons (Fsp3) is 0.212. The van der Waals surface area contributed by atoms with Gasteiger partial charge < -0.3 is 10.2 Å². The highest BCUT2D eigenvalue weighted by atomic mass is 35.5. The predicted molar refractivity (Wildman–Crippen MR) is 182 cm³/mol. The maximum atomic E-state index is 14.4. The third kappa shape index (κ3) is 9.15. The lowest BCUT2D eigenvalue weighted by Gasteiger charge is -2.34. The number of carbonyl (C=O) groups excluding carboxylic acids is 2. The first kappa shape index (κ1) is 34.6. The van der Waals surface area contributed by atoms with Crippen LogP contribution in [-0.2, 0) is 32.6 Å². The second kappa shape index (κ2) is 15.8. The van der Waals surface area contributed by atoms with Gasteiger partial charge in [0.05, 0.1) is 20.6 Å². The largest absolute Gasteiger partial charge is 0.354 e. The van der Waals surface area contributed by atoms with Gasteiger partial charge in [-0.2, -0.15) is 0 Å². The van der Waals surface area contributed by atoms with Crippen molar-refractivity contribution in [1.82, 2.24) is 10.2 Å². The molecular weight excluding hydrogens is 676 g/mol. The Balaban J connectivity index is 1.81. The van der Waals surface area contributed by atoms with Gasteiger partial charge in [0, 0.05) is 29.6 Å². The van der Waals surface area contributed by atoms with Crippen molar-refractivity contribution in [2.24, 2.45) is 0 Å². The van der Waals surface area contributed by atoms with Crippen molar-refractivity contribution in [3.8, 4) is 0 Å². The summed E-state index contributed by atoms with van der Waals surface area (Å²) in [4.78, 5) is 29.4. The summed E-state index contributed by atoms with van der Waals surface area (Å²) in [5.41, 5.74) is 1.60. The summed E-state index contributed by atoms with van der Waals surface area (Å²) >= 11 is 24.8. The standard InChI is InChI=1S/C33H31Cl4N3O4S/c1-2-17-38-33(42)31(19-23-7-4-3-5-8-23)39(21-24-11-16-29(36)30(37)18-24)32(41)22-40(27-10-6-9-26(35)20-27)45(43,44)28-14-12-25(34)13-15-28/h3-16,18,20,31H,2,17,19,21-22H2,1H3,(H,38,42)/t31-/m1/s1. The fourth-order valence-corrected chi connectivity index (χ4v) is 6.69. The van der Waals surface area contributed by atoms with Crippen LogP contribution in [0.4, 0.5) is 5.69 Å². The van der Waals surface area contributed by atoms with Crippen molar-refractivity contribution < 1.29 is 18.0 Å². The lowest BCUT2D eigenvalue weighted by molar-refractivity contribution is -0.140. The van der Waals surface area contributed by atoms with E-state index in [4.69, 9.17) is 46.4 Å². The first-order chi connectivity index (χ1) is 21.5. The van der Waals surface area contributed by atoms with Gasteiger partial charge in [0.2, 0.25) is 11.8 Å². The third-order valence-electron chi connectivity index (χ3n) is 6.93. The Morgan fingerprint density at radius 2 is 1.49 bits per heavy atom. The number of rotatable bonds is 13. The Kier molecular flexibility index (Phi) is 12.2. The van der Waals surface area contributed by atoms with E-state index in [0.29, 0.717) is 28.6 Å². The molecule has 0 aliphatic carbocycles. The molecule has 0 spiro atoms. The molecule has 0 aliphatic rings. The van der Waals surface area contributed by atoms with Gasteiger partial charge in [0.15, 0.2) is 0 Å². The van der Waals surface area contributed by atoms with Gasteiger partial charge >= 0.3 is 0 Å². The number of nitrogens with one attached hydrogen (secondary N) is 1. The van der Waals surface area contributed by atoms with Crippen LogP contribution in [0.3, 0.4) is 0 Å². The molecule has 4 aromatic carbocycles. The van der Waals surface area contributed by atoms with Crippen molar-refractivity contribution in [1.29, 1.82) is 0 Å². The van der Waals surface area contributed by atoms with Crippen LogP contribution in [-0.4, -0.2) is 44.3 Å². The smallest absolute Gasteiger partial charge is 0.264 e. The van der Waals surface area contributed by atoms with Gasteiger partial charge in [-0.1, -0.05) is 95.8 Å². The zero-order chi connectivity index (χ0) is 32.6. The molecule has 1 atom stereocenters. The van der Waals surface area contributed by atoms with E-state index in [1.807, 2.05) is 37.3 Å². The number of amides is 2. The number of nitrogens with zero attached hydrogens (tertiary/aromatic N) is 2. The Labute approximate surface area is 283 Å². The van der Waals surface area contributed by atoms with E-state index < -0.39 is 28.5 Å². The molecule has 4 rings (SSSR count). The van der Waals surface area contributed by atoms with E-state index in [1.54, 1.807) is 36.4 Å². The van der Waals surface area contributed by atoms with Crippen LogP contribution in [0.5, 0.6) is 0 Å². The first-order valence-electron chi connectivity index (χ1n) is 14.1. The lowest BCUT2D eigenvalue weighted by atomic mass is 10.0. The van der Waals surface area contributed by atoms with Gasteiger partial charge in [0.25, 0.3) is 10.0 Å². The minimum Gasteiger partial charge on any atom is -0.354 e. The highest BCUT2D eigenvalue weighted by Crippen LogP contribution is 2.29. The number of halogens is 4. The molecule has 12 heteroatoms. The second-order valence-corrected chi connectivity index (χ2v) is 13.8. The maximum Gasteiger partial charge on any atom is 0.264 e. The summed E-state index contributed by atoms with van der Waals surface area (Å²) in [6.07, 6.45) is 0.872. The molecule has 236 valence electrons. The van der Waals surface area contributed by atoms with Crippen molar-refractivity contribution >= 4 is 73.9 Å². The Morgan fingerprint density at radius 1 is 0.778 bits per heavy atom. The molecule has 0 saturated carbocycles. The second-order valence-electron chi connectivity index (χ2n) is 10.2. The molecule has 0 aliphatic heterocycles. The number of sulfonamides is 1. The van der Waals surface area contributed by atoms with Crippen LogP contribution in [0.2, 0.25) is 20.1 Å². The zero-order valence-electron chi connectivity index (χ0n) is 24.3. The number of carbonyl (C=O) groups is 2. The molecule has 0 heterocycles. The molecule has 0 saturated heterocycles. The lowest BCUT2D eigenvalue weighted by Crippen LogP contribution is -2.53. The zero-order valence-corrected chi connectivity index (χ0v) is 28.1. The number of anilines is 1. The monoisotopic (exact) mass is 705 g/mol. The van der Waals surface area contributed by atoms with E-state index >= 15 is 0 Å². The Hall–Kier alpha value is -3.27. The molecule has 45 heavy (non-hydrogen) atoms. The SMILES string of the molecule is CCCNC(=O)[C@@H](Cc1ccccc1)N(Cc1ccc(Cl)c(Cl)c1)C(=O)CN(c1cccc(Cl)c1)S(=O)(=O)c1ccc(Cl)cc1. The summed E-state index contributed by atoms with van der Waals surface area (Å²) in [6.45, 7) is 1.66. The van der Waals surface area contributed by atoms with Crippen LogP contribution >= 0.6 is 46.4 Å². The molecular formula is C33H31Cl4N3O4S. The third-order valence-corrected chi connectivity index (χ3v) is 9.95. The summed E-state index contributed by atoms with van der Waals surface area (Å²) in [5.74, 6) is -0.991. The van der Waals surface area contributed by atoms with Gasteiger partial charge in [-0.05, 0) is 72.1 Å². The Bertz CT molecular complexity index is 1740.